The minimum absolute atomic E-state index is 0.137. The Bertz CT molecular complexity index is 333. The highest BCUT2D eigenvalue weighted by atomic mass is 16.5. The summed E-state index contributed by atoms with van der Waals surface area (Å²) in [6.07, 6.45) is 3.63. The first-order valence-electron chi connectivity index (χ1n) is 5.83. The van der Waals surface area contributed by atoms with Crippen LogP contribution >= 0.6 is 0 Å². The van der Waals surface area contributed by atoms with Gasteiger partial charge < -0.3 is 15.2 Å². The molecule has 1 rings (SSSR count). The van der Waals surface area contributed by atoms with E-state index in [0.29, 0.717) is 13.0 Å². The normalized spacial score (nSPS) is 14.6. The number of nitrogens with zero attached hydrogens (tertiary/aromatic N) is 2. The molecule has 2 unspecified atom stereocenters. The molecule has 0 bridgehead atoms. The van der Waals surface area contributed by atoms with E-state index in [-0.39, 0.29) is 6.04 Å². The van der Waals surface area contributed by atoms with Gasteiger partial charge in [0.15, 0.2) is 0 Å². The SMILES string of the molecule is COCC(O)CCNC(C)c1nccnc1C. The molecule has 0 saturated heterocycles. The van der Waals surface area contributed by atoms with E-state index < -0.39 is 6.10 Å². The fraction of sp³-hybridized carbons (Fsp3) is 0.667. The summed E-state index contributed by atoms with van der Waals surface area (Å²) in [5.41, 5.74) is 1.89. The van der Waals surface area contributed by atoms with Crippen molar-refractivity contribution in [3.8, 4) is 0 Å². The fourth-order valence-electron chi connectivity index (χ4n) is 1.68. The Morgan fingerprint density at radius 3 is 2.76 bits per heavy atom. The van der Waals surface area contributed by atoms with Gasteiger partial charge in [-0.1, -0.05) is 0 Å². The summed E-state index contributed by atoms with van der Waals surface area (Å²) in [6, 6.07) is 0.137. The molecule has 0 spiro atoms. The minimum Gasteiger partial charge on any atom is -0.391 e. The highest BCUT2D eigenvalue weighted by Gasteiger charge is 2.10. The van der Waals surface area contributed by atoms with Gasteiger partial charge in [0, 0.05) is 25.5 Å². The van der Waals surface area contributed by atoms with E-state index in [9.17, 15) is 5.11 Å². The van der Waals surface area contributed by atoms with Crippen molar-refractivity contribution >= 4 is 0 Å². The molecular formula is C12H21N3O2. The van der Waals surface area contributed by atoms with Crippen LogP contribution in [0.3, 0.4) is 0 Å². The number of methoxy groups -OCH3 is 1. The molecule has 0 aliphatic heterocycles. The van der Waals surface area contributed by atoms with Crippen molar-refractivity contribution in [3.63, 3.8) is 0 Å². The van der Waals surface area contributed by atoms with Crippen molar-refractivity contribution in [2.75, 3.05) is 20.3 Å². The number of nitrogens with one attached hydrogen (secondary N) is 1. The number of hydrogen-bond donors (Lipinski definition) is 2. The third-order valence-corrected chi connectivity index (χ3v) is 2.62. The molecular weight excluding hydrogens is 218 g/mol. The largest absolute Gasteiger partial charge is 0.391 e. The second kappa shape index (κ2) is 7.32. The highest BCUT2D eigenvalue weighted by Crippen LogP contribution is 2.11. The average molecular weight is 239 g/mol. The maximum absolute atomic E-state index is 9.49. The zero-order valence-electron chi connectivity index (χ0n) is 10.7. The molecule has 1 aromatic rings. The van der Waals surface area contributed by atoms with Crippen LogP contribution < -0.4 is 5.32 Å². The number of aliphatic hydroxyl groups is 1. The molecule has 0 fully saturated rings. The summed E-state index contributed by atoms with van der Waals surface area (Å²) in [6.45, 7) is 5.09. The molecule has 5 nitrogen and oxygen atoms in total. The first-order chi connectivity index (χ1) is 8.15. The van der Waals surface area contributed by atoms with Gasteiger partial charge in [0.25, 0.3) is 0 Å². The van der Waals surface area contributed by atoms with Crippen LogP contribution in [0.15, 0.2) is 12.4 Å². The van der Waals surface area contributed by atoms with Gasteiger partial charge in [-0.05, 0) is 26.8 Å². The van der Waals surface area contributed by atoms with Crippen molar-refractivity contribution in [1.82, 2.24) is 15.3 Å². The van der Waals surface area contributed by atoms with E-state index in [1.165, 1.54) is 0 Å². The van der Waals surface area contributed by atoms with Gasteiger partial charge in [-0.25, -0.2) is 0 Å². The summed E-state index contributed by atoms with van der Waals surface area (Å²) >= 11 is 0. The van der Waals surface area contributed by atoms with Gasteiger partial charge >= 0.3 is 0 Å². The van der Waals surface area contributed by atoms with Crippen LogP contribution in [0.5, 0.6) is 0 Å². The van der Waals surface area contributed by atoms with Crippen molar-refractivity contribution in [1.29, 1.82) is 0 Å². The molecule has 96 valence electrons. The number of aromatic nitrogens is 2. The lowest BCUT2D eigenvalue weighted by molar-refractivity contribution is 0.0590. The van der Waals surface area contributed by atoms with Crippen LogP contribution in [-0.2, 0) is 4.74 Å². The number of hydrogen-bond acceptors (Lipinski definition) is 5. The summed E-state index contributed by atoms with van der Waals surface area (Å²) in [5.74, 6) is 0. The van der Waals surface area contributed by atoms with Gasteiger partial charge in [-0.15, -0.1) is 0 Å². The Morgan fingerprint density at radius 2 is 2.12 bits per heavy atom. The van der Waals surface area contributed by atoms with Crippen molar-refractivity contribution in [3.05, 3.63) is 23.8 Å². The first-order valence-corrected chi connectivity index (χ1v) is 5.83. The van der Waals surface area contributed by atoms with Crippen LogP contribution in [0.1, 0.15) is 30.8 Å². The molecule has 0 aliphatic carbocycles. The first kappa shape index (κ1) is 14.0. The van der Waals surface area contributed by atoms with Gasteiger partial charge in [0.1, 0.15) is 0 Å². The standard InChI is InChI=1S/C12H21N3O2/c1-9(12-10(2)14-6-7-15-12)13-5-4-11(16)8-17-3/h6-7,9,11,13,16H,4-5,8H2,1-3H3. The second-order valence-electron chi connectivity index (χ2n) is 4.10. The topological polar surface area (TPSA) is 67.3 Å². The molecule has 0 radical (unpaired) electrons. The predicted molar refractivity (Wildman–Crippen MR) is 65.7 cm³/mol. The molecule has 1 aromatic heterocycles. The Balaban J connectivity index is 2.35. The quantitative estimate of drug-likeness (QED) is 0.738. The summed E-state index contributed by atoms with van der Waals surface area (Å²) in [7, 11) is 1.59. The number of aryl methyl sites for hydroxylation is 1. The lowest BCUT2D eigenvalue weighted by Crippen LogP contribution is -2.26. The lowest BCUT2D eigenvalue weighted by atomic mass is 10.1. The molecule has 2 atom stereocenters. The summed E-state index contributed by atoms with van der Waals surface area (Å²) < 4.78 is 4.86. The predicted octanol–water partition coefficient (Wildman–Crippen LogP) is 0.833. The summed E-state index contributed by atoms with van der Waals surface area (Å²) in [4.78, 5) is 8.50. The highest BCUT2D eigenvalue weighted by molar-refractivity contribution is 5.12. The molecule has 5 heteroatoms. The summed E-state index contributed by atoms with van der Waals surface area (Å²) in [5, 5.41) is 12.8. The number of ether oxygens (including phenoxy) is 1. The Morgan fingerprint density at radius 1 is 1.41 bits per heavy atom. The number of aliphatic hydroxyl groups excluding tert-OH is 1. The van der Waals surface area contributed by atoms with Crippen LogP contribution in [0, 0.1) is 6.92 Å². The van der Waals surface area contributed by atoms with Crippen LogP contribution in [0.4, 0.5) is 0 Å². The van der Waals surface area contributed by atoms with Crippen molar-refractivity contribution in [2.45, 2.75) is 32.4 Å². The van der Waals surface area contributed by atoms with Gasteiger partial charge in [0.2, 0.25) is 0 Å². The van der Waals surface area contributed by atoms with Crippen molar-refractivity contribution < 1.29 is 9.84 Å². The van der Waals surface area contributed by atoms with Gasteiger partial charge in [-0.2, -0.15) is 0 Å². The van der Waals surface area contributed by atoms with E-state index in [1.807, 2.05) is 13.8 Å². The van der Waals surface area contributed by atoms with E-state index in [1.54, 1.807) is 19.5 Å². The van der Waals surface area contributed by atoms with E-state index in [0.717, 1.165) is 17.9 Å². The smallest absolute Gasteiger partial charge is 0.0785 e. The maximum Gasteiger partial charge on any atom is 0.0785 e. The van der Waals surface area contributed by atoms with E-state index >= 15 is 0 Å². The van der Waals surface area contributed by atoms with Crippen LogP contribution in [0.25, 0.3) is 0 Å². The zero-order valence-corrected chi connectivity index (χ0v) is 10.7. The molecule has 0 amide bonds. The van der Waals surface area contributed by atoms with Gasteiger partial charge in [-0.3, -0.25) is 9.97 Å². The lowest BCUT2D eigenvalue weighted by Gasteiger charge is -2.16. The Kier molecular flexibility index (Phi) is 6.04. The van der Waals surface area contributed by atoms with E-state index in [2.05, 4.69) is 15.3 Å². The third kappa shape index (κ3) is 4.77. The van der Waals surface area contributed by atoms with Crippen molar-refractivity contribution in [2.24, 2.45) is 0 Å². The minimum atomic E-state index is -0.414. The molecule has 0 aliphatic rings. The monoisotopic (exact) mass is 239 g/mol. The molecule has 2 N–H and O–H groups in total. The second-order valence-corrected chi connectivity index (χ2v) is 4.10. The van der Waals surface area contributed by atoms with Gasteiger partial charge in [0.05, 0.1) is 24.1 Å². The molecule has 0 aromatic carbocycles. The molecule has 17 heavy (non-hydrogen) atoms. The fourth-order valence-corrected chi connectivity index (χ4v) is 1.68. The molecule has 0 saturated carbocycles. The Labute approximate surface area is 102 Å². The molecule has 1 heterocycles. The van der Waals surface area contributed by atoms with Crippen LogP contribution in [0.2, 0.25) is 0 Å². The maximum atomic E-state index is 9.49. The Hall–Kier alpha value is -1.04. The zero-order chi connectivity index (χ0) is 12.7. The average Bonchev–Trinajstić information content (AvgIpc) is 2.29. The van der Waals surface area contributed by atoms with E-state index in [4.69, 9.17) is 4.74 Å². The third-order valence-electron chi connectivity index (χ3n) is 2.62. The number of rotatable bonds is 7. The van der Waals surface area contributed by atoms with Crippen LogP contribution in [-0.4, -0.2) is 41.4 Å².